The Morgan fingerprint density at radius 3 is 2.76 bits per heavy atom. The quantitative estimate of drug-likeness (QED) is 0.419. The Bertz CT molecular complexity index is 1130. The first kappa shape index (κ1) is 18.6. The van der Waals surface area contributed by atoms with Crippen molar-refractivity contribution in [3.8, 4) is 5.75 Å². The molecule has 1 heterocycles. The van der Waals surface area contributed by atoms with E-state index >= 15 is 0 Å². The molecule has 0 radical (unpaired) electrons. The lowest BCUT2D eigenvalue weighted by Gasteiger charge is -2.14. The van der Waals surface area contributed by atoms with Crippen LogP contribution in [0.2, 0.25) is 0 Å². The van der Waals surface area contributed by atoms with E-state index in [0.717, 1.165) is 45.0 Å². The monoisotopic (exact) mass is 384 g/mol. The number of aryl methyl sites for hydroxylation is 1. The number of fused-ring (bicyclic) bond motifs is 1. The van der Waals surface area contributed by atoms with Gasteiger partial charge in [0.2, 0.25) is 5.95 Å². The van der Waals surface area contributed by atoms with Crippen LogP contribution in [0.1, 0.15) is 22.3 Å². The van der Waals surface area contributed by atoms with Gasteiger partial charge in [0.25, 0.3) is 0 Å². The highest BCUT2D eigenvalue weighted by atomic mass is 16.5. The summed E-state index contributed by atoms with van der Waals surface area (Å²) in [6.07, 6.45) is 0. The fourth-order valence-corrected chi connectivity index (χ4v) is 3.44. The zero-order valence-corrected chi connectivity index (χ0v) is 16.4. The molecule has 0 spiro atoms. The van der Waals surface area contributed by atoms with E-state index < -0.39 is 0 Å². The number of rotatable bonds is 7. The third kappa shape index (κ3) is 4.24. The number of H-pyrrole nitrogens is 1. The van der Waals surface area contributed by atoms with Gasteiger partial charge in [-0.05, 0) is 47.9 Å². The SMILES string of the molecule is C=C(N)c1c(C)cccc1COc1cccc(CNc2nc3ccccc3[nH]2)c1. The second kappa shape index (κ2) is 8.10. The molecule has 0 bridgehead atoms. The maximum Gasteiger partial charge on any atom is 0.201 e. The molecule has 0 saturated carbocycles. The van der Waals surface area contributed by atoms with Crippen molar-refractivity contribution in [3.63, 3.8) is 0 Å². The van der Waals surface area contributed by atoms with E-state index in [-0.39, 0.29) is 0 Å². The number of hydrogen-bond acceptors (Lipinski definition) is 4. The minimum atomic E-state index is 0.438. The average molecular weight is 384 g/mol. The zero-order chi connectivity index (χ0) is 20.2. The number of imidazole rings is 1. The van der Waals surface area contributed by atoms with Gasteiger partial charge in [0.1, 0.15) is 12.4 Å². The van der Waals surface area contributed by atoms with Gasteiger partial charge in [0.05, 0.1) is 11.0 Å². The van der Waals surface area contributed by atoms with Gasteiger partial charge in [-0.2, -0.15) is 0 Å². The van der Waals surface area contributed by atoms with E-state index in [1.807, 2.05) is 67.6 Å². The van der Waals surface area contributed by atoms with Gasteiger partial charge < -0.3 is 20.8 Å². The van der Waals surface area contributed by atoms with E-state index in [0.29, 0.717) is 18.8 Å². The van der Waals surface area contributed by atoms with Crippen molar-refractivity contribution in [2.75, 3.05) is 5.32 Å². The van der Waals surface area contributed by atoms with Crippen LogP contribution in [-0.4, -0.2) is 9.97 Å². The first-order valence-corrected chi connectivity index (χ1v) is 9.54. The Morgan fingerprint density at radius 1 is 1.10 bits per heavy atom. The van der Waals surface area contributed by atoms with Crippen LogP contribution in [0.15, 0.2) is 73.3 Å². The van der Waals surface area contributed by atoms with Gasteiger partial charge in [-0.1, -0.05) is 49.0 Å². The fraction of sp³-hybridized carbons (Fsp3) is 0.125. The van der Waals surface area contributed by atoms with Crippen molar-refractivity contribution in [3.05, 3.63) is 95.6 Å². The van der Waals surface area contributed by atoms with Gasteiger partial charge in [-0.25, -0.2) is 4.98 Å². The number of anilines is 1. The Labute approximate surface area is 170 Å². The molecular formula is C24H24N4O. The van der Waals surface area contributed by atoms with Crippen LogP contribution in [0.3, 0.4) is 0 Å². The van der Waals surface area contributed by atoms with Crippen molar-refractivity contribution < 1.29 is 4.74 Å². The highest BCUT2D eigenvalue weighted by Gasteiger charge is 2.08. The normalized spacial score (nSPS) is 10.8. The van der Waals surface area contributed by atoms with Crippen molar-refractivity contribution in [2.45, 2.75) is 20.1 Å². The van der Waals surface area contributed by atoms with Crippen LogP contribution in [0.4, 0.5) is 5.95 Å². The maximum atomic E-state index is 6.03. The molecule has 4 N–H and O–H groups in total. The molecule has 0 fully saturated rings. The fourth-order valence-electron chi connectivity index (χ4n) is 3.44. The van der Waals surface area contributed by atoms with Crippen LogP contribution in [-0.2, 0) is 13.2 Å². The van der Waals surface area contributed by atoms with E-state index in [1.54, 1.807) is 0 Å². The van der Waals surface area contributed by atoms with Crippen molar-refractivity contribution in [1.29, 1.82) is 0 Å². The second-order valence-corrected chi connectivity index (χ2v) is 7.03. The summed E-state index contributed by atoms with van der Waals surface area (Å²) in [6, 6.07) is 22.1. The number of para-hydroxylation sites is 2. The molecule has 1 aromatic heterocycles. The Morgan fingerprint density at radius 2 is 1.93 bits per heavy atom. The summed E-state index contributed by atoms with van der Waals surface area (Å²) in [5, 5.41) is 3.33. The highest BCUT2D eigenvalue weighted by molar-refractivity contribution is 5.77. The predicted octanol–water partition coefficient (Wildman–Crippen LogP) is 4.99. The molecule has 0 aliphatic rings. The summed E-state index contributed by atoms with van der Waals surface area (Å²) in [4.78, 5) is 7.82. The van der Waals surface area contributed by atoms with Crippen LogP contribution >= 0.6 is 0 Å². The number of nitrogens with zero attached hydrogens (tertiary/aromatic N) is 1. The molecule has 3 aromatic carbocycles. The summed E-state index contributed by atoms with van der Waals surface area (Å²) in [6.45, 7) is 7.00. The molecule has 0 aliphatic heterocycles. The lowest BCUT2D eigenvalue weighted by molar-refractivity contribution is 0.305. The van der Waals surface area contributed by atoms with Crippen LogP contribution in [0.25, 0.3) is 16.7 Å². The van der Waals surface area contributed by atoms with E-state index in [9.17, 15) is 0 Å². The summed E-state index contributed by atoms with van der Waals surface area (Å²) >= 11 is 0. The summed E-state index contributed by atoms with van der Waals surface area (Å²) in [5.41, 5.74) is 12.7. The van der Waals surface area contributed by atoms with Crippen molar-refractivity contribution >= 4 is 22.7 Å². The van der Waals surface area contributed by atoms with Crippen molar-refractivity contribution in [1.82, 2.24) is 9.97 Å². The summed E-state index contributed by atoms with van der Waals surface area (Å²) in [7, 11) is 0. The van der Waals surface area contributed by atoms with E-state index in [4.69, 9.17) is 10.5 Å². The topological polar surface area (TPSA) is 76.0 Å². The zero-order valence-electron chi connectivity index (χ0n) is 16.4. The molecule has 5 heteroatoms. The van der Waals surface area contributed by atoms with Gasteiger partial charge >= 0.3 is 0 Å². The van der Waals surface area contributed by atoms with Gasteiger partial charge in [0, 0.05) is 17.8 Å². The number of nitrogens with one attached hydrogen (secondary N) is 2. The Hall–Kier alpha value is -3.73. The van der Waals surface area contributed by atoms with Gasteiger partial charge in [0.15, 0.2) is 0 Å². The minimum absolute atomic E-state index is 0.438. The van der Waals surface area contributed by atoms with Crippen LogP contribution in [0, 0.1) is 6.92 Å². The molecule has 4 rings (SSSR count). The lowest BCUT2D eigenvalue weighted by Crippen LogP contribution is -2.06. The third-order valence-electron chi connectivity index (χ3n) is 4.82. The first-order chi connectivity index (χ1) is 14.1. The molecule has 29 heavy (non-hydrogen) atoms. The Kier molecular flexibility index (Phi) is 5.20. The summed E-state index contributed by atoms with van der Waals surface area (Å²) < 4.78 is 6.03. The van der Waals surface area contributed by atoms with Gasteiger partial charge in [-0.3, -0.25) is 0 Å². The predicted molar refractivity (Wildman–Crippen MR) is 119 cm³/mol. The maximum absolute atomic E-state index is 6.03. The summed E-state index contributed by atoms with van der Waals surface area (Å²) in [5.74, 6) is 1.56. The molecule has 0 atom stereocenters. The van der Waals surface area contributed by atoms with Crippen LogP contribution < -0.4 is 15.8 Å². The van der Waals surface area contributed by atoms with Crippen LogP contribution in [0.5, 0.6) is 5.75 Å². The lowest BCUT2D eigenvalue weighted by atomic mass is 10.0. The molecule has 0 saturated heterocycles. The largest absolute Gasteiger partial charge is 0.489 e. The number of nitrogens with two attached hydrogens (primary N) is 1. The number of aromatic amines is 1. The molecule has 146 valence electrons. The van der Waals surface area contributed by atoms with Gasteiger partial charge in [-0.15, -0.1) is 0 Å². The second-order valence-electron chi connectivity index (χ2n) is 7.03. The highest BCUT2D eigenvalue weighted by Crippen LogP contribution is 2.22. The number of ether oxygens (including phenoxy) is 1. The number of aromatic nitrogens is 2. The Balaban J connectivity index is 1.42. The molecule has 0 unspecified atom stereocenters. The third-order valence-corrected chi connectivity index (χ3v) is 4.82. The first-order valence-electron chi connectivity index (χ1n) is 9.54. The standard InChI is InChI=1S/C24H24N4O/c1-16-7-5-9-19(23(16)17(2)25)15-29-20-10-6-8-18(13-20)14-26-24-27-21-11-3-4-12-22(21)28-24/h3-13H,2,14-15,25H2,1H3,(H2,26,27,28). The molecule has 4 aromatic rings. The average Bonchev–Trinajstić information content (AvgIpc) is 3.14. The van der Waals surface area contributed by atoms with E-state index in [2.05, 4.69) is 27.9 Å². The molecule has 5 nitrogen and oxygen atoms in total. The number of hydrogen-bond donors (Lipinski definition) is 3. The molecule has 0 amide bonds. The molecular weight excluding hydrogens is 360 g/mol. The van der Waals surface area contributed by atoms with E-state index in [1.165, 1.54) is 0 Å². The smallest absolute Gasteiger partial charge is 0.201 e. The number of benzene rings is 3. The molecule has 0 aliphatic carbocycles. The van der Waals surface area contributed by atoms with Crippen molar-refractivity contribution in [2.24, 2.45) is 5.73 Å². The minimum Gasteiger partial charge on any atom is -0.489 e.